The quantitative estimate of drug-likeness (QED) is 0.702. The molecule has 19 heavy (non-hydrogen) atoms. The molecule has 2 rings (SSSR count). The van der Waals surface area contributed by atoms with Crippen LogP contribution in [0.3, 0.4) is 0 Å². The predicted octanol–water partition coefficient (Wildman–Crippen LogP) is 5.59. The largest absolute Gasteiger partial charge is 0.306 e. The fourth-order valence-electron chi connectivity index (χ4n) is 2.16. The molecule has 0 aliphatic carbocycles. The van der Waals surface area contributed by atoms with E-state index in [0.29, 0.717) is 0 Å². The lowest BCUT2D eigenvalue weighted by molar-refractivity contribution is 0.636. The van der Waals surface area contributed by atoms with Crippen molar-refractivity contribution in [2.75, 3.05) is 6.54 Å². The Hall–Kier alpha value is -0.160. The lowest BCUT2D eigenvalue weighted by Crippen LogP contribution is -2.22. The van der Waals surface area contributed by atoms with Crippen molar-refractivity contribution in [2.24, 2.45) is 0 Å². The van der Waals surface area contributed by atoms with E-state index in [-0.39, 0.29) is 6.04 Å². The van der Waals surface area contributed by atoms with E-state index >= 15 is 0 Å². The van der Waals surface area contributed by atoms with Gasteiger partial charge in [0.1, 0.15) is 0 Å². The van der Waals surface area contributed by atoms with Crippen LogP contribution in [0.1, 0.15) is 34.5 Å². The van der Waals surface area contributed by atoms with Gasteiger partial charge >= 0.3 is 0 Å². The normalized spacial score (nSPS) is 12.7. The molecule has 0 saturated carbocycles. The minimum Gasteiger partial charge on any atom is -0.306 e. The van der Waals surface area contributed by atoms with Crippen molar-refractivity contribution in [3.8, 4) is 0 Å². The standard InChI is InChI=1S/C15H17Br2NS/c1-4-18-14(13-8-12(16)15(17)19-13)11-7-5-6-9(2)10(11)3/h5-8,14,18H,4H2,1-3H3. The Bertz CT molecular complexity index is 558. The molecular formula is C15H17Br2NS. The second-order valence-electron chi connectivity index (χ2n) is 4.55. The molecular weight excluding hydrogens is 386 g/mol. The first-order chi connectivity index (χ1) is 9.04. The van der Waals surface area contributed by atoms with E-state index in [9.17, 15) is 0 Å². The molecule has 0 saturated heterocycles. The van der Waals surface area contributed by atoms with Crippen molar-refractivity contribution >= 4 is 43.2 Å². The van der Waals surface area contributed by atoms with Gasteiger partial charge in [0.05, 0.1) is 9.83 Å². The highest BCUT2D eigenvalue weighted by molar-refractivity contribution is 9.13. The molecule has 4 heteroatoms. The van der Waals surface area contributed by atoms with Gasteiger partial charge in [0, 0.05) is 9.35 Å². The number of halogens is 2. The first-order valence-electron chi connectivity index (χ1n) is 6.28. The van der Waals surface area contributed by atoms with E-state index in [4.69, 9.17) is 0 Å². The van der Waals surface area contributed by atoms with E-state index < -0.39 is 0 Å². The molecule has 1 nitrogen and oxygen atoms in total. The third kappa shape index (κ3) is 3.30. The number of thiophene rings is 1. The SMILES string of the molecule is CCNC(c1cc(Br)c(Br)s1)c1cccc(C)c1C. The molecule has 1 unspecified atom stereocenters. The Morgan fingerprint density at radius 1 is 1.26 bits per heavy atom. The molecule has 1 heterocycles. The fraction of sp³-hybridized carbons (Fsp3) is 0.333. The van der Waals surface area contributed by atoms with Gasteiger partial charge in [-0.25, -0.2) is 0 Å². The predicted molar refractivity (Wildman–Crippen MR) is 91.2 cm³/mol. The smallest absolute Gasteiger partial charge is 0.0843 e. The number of nitrogens with one attached hydrogen (secondary N) is 1. The first-order valence-corrected chi connectivity index (χ1v) is 8.69. The van der Waals surface area contributed by atoms with E-state index in [1.807, 2.05) is 0 Å². The Labute approximate surface area is 135 Å². The second kappa shape index (κ2) is 6.53. The minimum absolute atomic E-state index is 0.262. The third-order valence-electron chi connectivity index (χ3n) is 3.31. The summed E-state index contributed by atoms with van der Waals surface area (Å²) in [5.74, 6) is 0. The van der Waals surface area contributed by atoms with Crippen molar-refractivity contribution in [1.29, 1.82) is 0 Å². The summed E-state index contributed by atoms with van der Waals surface area (Å²) in [6.45, 7) is 7.47. The van der Waals surface area contributed by atoms with E-state index in [1.54, 1.807) is 11.3 Å². The molecule has 0 aliphatic rings. The van der Waals surface area contributed by atoms with Crippen LogP contribution in [-0.4, -0.2) is 6.54 Å². The van der Waals surface area contributed by atoms with Gasteiger partial charge in [0.25, 0.3) is 0 Å². The van der Waals surface area contributed by atoms with Crippen LogP contribution < -0.4 is 5.32 Å². The summed E-state index contributed by atoms with van der Waals surface area (Å²) in [5.41, 5.74) is 4.08. The summed E-state index contributed by atoms with van der Waals surface area (Å²) in [7, 11) is 0. The van der Waals surface area contributed by atoms with Crippen molar-refractivity contribution in [3.05, 3.63) is 54.1 Å². The molecule has 0 amide bonds. The Balaban J connectivity index is 2.48. The zero-order valence-electron chi connectivity index (χ0n) is 11.3. The molecule has 1 N–H and O–H groups in total. The third-order valence-corrected chi connectivity index (χ3v) is 6.64. The van der Waals surface area contributed by atoms with Gasteiger partial charge in [0.15, 0.2) is 0 Å². The Kier molecular flexibility index (Phi) is 5.23. The van der Waals surface area contributed by atoms with Crippen molar-refractivity contribution in [2.45, 2.75) is 26.8 Å². The monoisotopic (exact) mass is 401 g/mol. The van der Waals surface area contributed by atoms with E-state index in [0.717, 1.165) is 14.8 Å². The molecule has 0 aliphatic heterocycles. The fourth-order valence-corrected chi connectivity index (χ4v) is 4.34. The number of hydrogen-bond acceptors (Lipinski definition) is 2. The highest BCUT2D eigenvalue weighted by Crippen LogP contribution is 2.38. The molecule has 0 bridgehead atoms. The van der Waals surface area contributed by atoms with Crippen molar-refractivity contribution < 1.29 is 0 Å². The summed E-state index contributed by atoms with van der Waals surface area (Å²) in [6, 6.07) is 8.99. The first kappa shape index (κ1) is 15.2. The number of benzene rings is 1. The average molecular weight is 403 g/mol. The zero-order chi connectivity index (χ0) is 14.0. The van der Waals surface area contributed by atoms with Gasteiger partial charge in [0.2, 0.25) is 0 Å². The molecule has 0 spiro atoms. The van der Waals surface area contributed by atoms with Crippen molar-refractivity contribution in [1.82, 2.24) is 5.32 Å². The van der Waals surface area contributed by atoms with Crippen LogP contribution in [0.4, 0.5) is 0 Å². The average Bonchev–Trinajstić information content (AvgIpc) is 2.70. The summed E-state index contributed by atoms with van der Waals surface area (Å²) < 4.78 is 2.27. The van der Waals surface area contributed by atoms with Gasteiger partial charge in [-0.1, -0.05) is 25.1 Å². The lowest BCUT2D eigenvalue weighted by Gasteiger charge is -2.20. The lowest BCUT2D eigenvalue weighted by atomic mass is 9.96. The van der Waals surface area contributed by atoms with Crippen LogP contribution >= 0.6 is 43.2 Å². The van der Waals surface area contributed by atoms with E-state index in [1.165, 1.54) is 21.6 Å². The maximum atomic E-state index is 3.59. The summed E-state index contributed by atoms with van der Waals surface area (Å²) in [4.78, 5) is 1.33. The zero-order valence-corrected chi connectivity index (χ0v) is 15.2. The van der Waals surface area contributed by atoms with Gasteiger partial charge in [-0.3, -0.25) is 0 Å². The summed E-state index contributed by atoms with van der Waals surface area (Å²) in [6.07, 6.45) is 0. The highest BCUT2D eigenvalue weighted by atomic mass is 79.9. The second-order valence-corrected chi connectivity index (χ2v) is 7.81. The van der Waals surface area contributed by atoms with Crippen LogP contribution in [0, 0.1) is 13.8 Å². The molecule has 1 atom stereocenters. The number of rotatable bonds is 4. The van der Waals surface area contributed by atoms with Crippen LogP contribution in [0.15, 0.2) is 32.5 Å². The van der Waals surface area contributed by atoms with Crippen LogP contribution in [0.2, 0.25) is 0 Å². The van der Waals surface area contributed by atoms with E-state index in [2.05, 4.69) is 82.2 Å². The molecule has 102 valence electrons. The summed E-state index contributed by atoms with van der Waals surface area (Å²) in [5, 5.41) is 3.59. The molecule has 1 aromatic carbocycles. The van der Waals surface area contributed by atoms with Crippen LogP contribution in [-0.2, 0) is 0 Å². The Morgan fingerprint density at radius 3 is 2.58 bits per heavy atom. The van der Waals surface area contributed by atoms with Crippen LogP contribution in [0.5, 0.6) is 0 Å². The molecule has 2 aromatic rings. The number of aryl methyl sites for hydroxylation is 1. The molecule has 0 fully saturated rings. The maximum Gasteiger partial charge on any atom is 0.0843 e. The molecule has 0 radical (unpaired) electrons. The van der Waals surface area contributed by atoms with Crippen LogP contribution in [0.25, 0.3) is 0 Å². The van der Waals surface area contributed by atoms with Crippen molar-refractivity contribution in [3.63, 3.8) is 0 Å². The Morgan fingerprint density at radius 2 is 2.00 bits per heavy atom. The number of hydrogen-bond donors (Lipinski definition) is 1. The maximum absolute atomic E-state index is 3.59. The van der Waals surface area contributed by atoms with Gasteiger partial charge < -0.3 is 5.32 Å². The summed E-state index contributed by atoms with van der Waals surface area (Å²) >= 11 is 8.94. The van der Waals surface area contributed by atoms with Gasteiger partial charge in [-0.05, 0) is 75.0 Å². The van der Waals surface area contributed by atoms with Gasteiger partial charge in [-0.2, -0.15) is 0 Å². The topological polar surface area (TPSA) is 12.0 Å². The van der Waals surface area contributed by atoms with Gasteiger partial charge in [-0.15, -0.1) is 11.3 Å². The highest BCUT2D eigenvalue weighted by Gasteiger charge is 2.19. The molecule has 1 aromatic heterocycles. The minimum atomic E-state index is 0.262.